The number of methoxy groups -OCH3 is 1. The van der Waals surface area contributed by atoms with Gasteiger partial charge in [-0.3, -0.25) is 5.32 Å². The lowest BCUT2D eigenvalue weighted by Gasteiger charge is -2.29. The number of ether oxygens (including phenoxy) is 1. The first-order valence-electron chi connectivity index (χ1n) is 6.25. The molecule has 0 aliphatic heterocycles. The van der Waals surface area contributed by atoms with Gasteiger partial charge in [-0.1, -0.05) is 15.9 Å². The normalized spacial score (nSPS) is 14.2. The summed E-state index contributed by atoms with van der Waals surface area (Å²) in [4.78, 5) is 14.1. The van der Waals surface area contributed by atoms with Crippen molar-refractivity contribution in [2.24, 2.45) is 0 Å². The van der Waals surface area contributed by atoms with E-state index in [1.54, 1.807) is 19.1 Å². The van der Waals surface area contributed by atoms with E-state index in [1.807, 2.05) is 19.0 Å². The van der Waals surface area contributed by atoms with Crippen LogP contribution in [0.5, 0.6) is 0 Å². The molecule has 1 rings (SSSR count). The molecule has 0 aromatic heterocycles. The molecule has 1 aromatic carbocycles. The molecule has 0 heterocycles. The Morgan fingerprint density at radius 2 is 2.15 bits per heavy atom. The topological polar surface area (TPSA) is 41.6 Å². The van der Waals surface area contributed by atoms with Gasteiger partial charge >= 0.3 is 5.97 Å². The third kappa shape index (κ3) is 4.01. The lowest BCUT2D eigenvalue weighted by atomic mass is 9.91. The van der Waals surface area contributed by atoms with Crippen LogP contribution in [0, 0.1) is 5.82 Å². The van der Waals surface area contributed by atoms with Crippen molar-refractivity contribution in [3.05, 3.63) is 34.1 Å². The molecular weight excluding hydrogens is 327 g/mol. The summed E-state index contributed by atoms with van der Waals surface area (Å²) >= 11 is 3.30. The zero-order valence-corrected chi connectivity index (χ0v) is 13.8. The van der Waals surface area contributed by atoms with Crippen molar-refractivity contribution >= 4 is 21.9 Å². The number of nitrogens with zero attached hydrogens (tertiary/aromatic N) is 1. The average Bonchev–Trinajstić information content (AvgIpc) is 2.39. The number of esters is 1. The highest BCUT2D eigenvalue weighted by molar-refractivity contribution is 9.10. The molecule has 0 fully saturated rings. The van der Waals surface area contributed by atoms with E-state index in [0.29, 0.717) is 11.0 Å². The predicted octanol–water partition coefficient (Wildman–Crippen LogP) is 2.13. The molecule has 4 nitrogen and oxygen atoms in total. The van der Waals surface area contributed by atoms with Gasteiger partial charge in [-0.05, 0) is 39.2 Å². The maximum absolute atomic E-state index is 14.1. The van der Waals surface area contributed by atoms with Crippen molar-refractivity contribution in [2.45, 2.75) is 12.5 Å². The Labute approximate surface area is 127 Å². The van der Waals surface area contributed by atoms with Crippen molar-refractivity contribution in [2.75, 3.05) is 34.3 Å². The highest BCUT2D eigenvalue weighted by Gasteiger charge is 2.38. The first-order valence-corrected chi connectivity index (χ1v) is 7.04. The largest absolute Gasteiger partial charge is 0.467 e. The number of rotatable bonds is 6. The van der Waals surface area contributed by atoms with Gasteiger partial charge in [0.1, 0.15) is 11.4 Å². The van der Waals surface area contributed by atoms with E-state index >= 15 is 0 Å². The number of likely N-dealkylation sites (N-methyl/N-ethyl adjacent to an activating group) is 1. The van der Waals surface area contributed by atoms with E-state index in [2.05, 4.69) is 21.2 Å². The minimum Gasteiger partial charge on any atom is -0.467 e. The predicted molar refractivity (Wildman–Crippen MR) is 80.0 cm³/mol. The highest BCUT2D eigenvalue weighted by Crippen LogP contribution is 2.27. The second kappa shape index (κ2) is 7.15. The van der Waals surface area contributed by atoms with Crippen LogP contribution < -0.4 is 5.32 Å². The molecule has 0 saturated carbocycles. The molecule has 6 heteroatoms. The van der Waals surface area contributed by atoms with Gasteiger partial charge in [0, 0.05) is 23.1 Å². The summed E-state index contributed by atoms with van der Waals surface area (Å²) < 4.78 is 19.6. The molecule has 112 valence electrons. The second-order valence-corrected chi connectivity index (χ2v) is 5.89. The van der Waals surface area contributed by atoms with Crippen molar-refractivity contribution in [1.29, 1.82) is 0 Å². The van der Waals surface area contributed by atoms with Gasteiger partial charge in [0.25, 0.3) is 0 Å². The number of hydrogen-bond donors (Lipinski definition) is 1. The summed E-state index contributed by atoms with van der Waals surface area (Å²) in [6.07, 6.45) is 0. The zero-order chi connectivity index (χ0) is 15.3. The lowest BCUT2D eigenvalue weighted by Crippen LogP contribution is -2.49. The number of halogens is 2. The van der Waals surface area contributed by atoms with Crippen LogP contribution in [-0.2, 0) is 15.1 Å². The van der Waals surface area contributed by atoms with E-state index in [9.17, 15) is 9.18 Å². The summed E-state index contributed by atoms with van der Waals surface area (Å²) in [5.74, 6) is -0.966. The molecule has 0 amide bonds. The fourth-order valence-corrected chi connectivity index (χ4v) is 2.25. The summed E-state index contributed by atoms with van der Waals surface area (Å²) in [5.41, 5.74) is -0.962. The van der Waals surface area contributed by atoms with Crippen molar-refractivity contribution in [3.8, 4) is 0 Å². The maximum atomic E-state index is 14.1. The van der Waals surface area contributed by atoms with Gasteiger partial charge in [-0.25, -0.2) is 9.18 Å². The van der Waals surface area contributed by atoms with E-state index in [4.69, 9.17) is 4.74 Å². The van der Waals surface area contributed by atoms with Crippen molar-refractivity contribution in [1.82, 2.24) is 10.2 Å². The van der Waals surface area contributed by atoms with Crippen molar-refractivity contribution < 1.29 is 13.9 Å². The minimum absolute atomic E-state index is 0.262. The van der Waals surface area contributed by atoms with Gasteiger partial charge in [-0.15, -0.1) is 0 Å². The van der Waals surface area contributed by atoms with Crippen LogP contribution in [0.1, 0.15) is 12.5 Å². The number of benzene rings is 1. The molecule has 0 bridgehead atoms. The summed E-state index contributed by atoms with van der Waals surface area (Å²) in [6.45, 7) is 2.88. The molecule has 20 heavy (non-hydrogen) atoms. The molecule has 0 spiro atoms. The van der Waals surface area contributed by atoms with Crippen LogP contribution in [-0.4, -0.2) is 45.2 Å². The zero-order valence-electron chi connectivity index (χ0n) is 12.2. The molecular formula is C14H20BrFN2O2. The molecule has 0 saturated heterocycles. The number of hydrogen-bond acceptors (Lipinski definition) is 4. The highest BCUT2D eigenvalue weighted by atomic mass is 79.9. The van der Waals surface area contributed by atoms with Crippen molar-refractivity contribution in [3.63, 3.8) is 0 Å². The Bertz CT molecular complexity index is 482. The molecule has 0 aliphatic rings. The van der Waals surface area contributed by atoms with Gasteiger partial charge < -0.3 is 9.64 Å². The summed E-state index contributed by atoms with van der Waals surface area (Å²) in [7, 11) is 5.15. The smallest absolute Gasteiger partial charge is 0.330 e. The van der Waals surface area contributed by atoms with Gasteiger partial charge in [-0.2, -0.15) is 0 Å². The van der Waals surface area contributed by atoms with Crippen LogP contribution in [0.4, 0.5) is 4.39 Å². The molecule has 1 atom stereocenters. The monoisotopic (exact) mass is 346 g/mol. The average molecular weight is 347 g/mol. The first-order chi connectivity index (χ1) is 9.31. The number of carbonyl (C=O) groups is 1. The Kier molecular flexibility index (Phi) is 6.10. The Morgan fingerprint density at radius 3 is 2.70 bits per heavy atom. The minimum atomic E-state index is -1.22. The third-order valence-electron chi connectivity index (χ3n) is 3.10. The molecule has 0 radical (unpaired) electrons. The van der Waals surface area contributed by atoms with Gasteiger partial charge in [0.15, 0.2) is 0 Å². The Morgan fingerprint density at radius 1 is 1.50 bits per heavy atom. The van der Waals surface area contributed by atoms with Crippen LogP contribution in [0.15, 0.2) is 22.7 Å². The van der Waals surface area contributed by atoms with Gasteiger partial charge in [0.05, 0.1) is 7.11 Å². The maximum Gasteiger partial charge on any atom is 0.330 e. The summed E-state index contributed by atoms with van der Waals surface area (Å²) in [5, 5.41) is 3.09. The first kappa shape index (κ1) is 17.1. The Balaban J connectivity index is 3.10. The van der Waals surface area contributed by atoms with Crippen LogP contribution >= 0.6 is 15.9 Å². The number of carbonyl (C=O) groups excluding carboxylic acids is 1. The summed E-state index contributed by atoms with van der Waals surface area (Å²) in [6, 6.07) is 4.51. The van der Waals surface area contributed by atoms with E-state index in [-0.39, 0.29) is 5.56 Å². The third-order valence-corrected chi connectivity index (χ3v) is 3.59. The van der Waals surface area contributed by atoms with Gasteiger partial charge in [0.2, 0.25) is 0 Å². The van der Waals surface area contributed by atoms with Crippen LogP contribution in [0.3, 0.4) is 0 Å². The Hall–Kier alpha value is -0.980. The molecule has 1 aromatic rings. The van der Waals surface area contributed by atoms with Crippen LogP contribution in [0.2, 0.25) is 0 Å². The quantitative estimate of drug-likeness (QED) is 0.801. The van der Waals surface area contributed by atoms with E-state index in [1.165, 1.54) is 13.2 Å². The lowest BCUT2D eigenvalue weighted by molar-refractivity contribution is -0.148. The molecule has 1 N–H and O–H groups in total. The molecule has 1 unspecified atom stereocenters. The number of nitrogens with one attached hydrogen (secondary N) is 1. The van der Waals surface area contributed by atoms with Crippen LogP contribution in [0.25, 0.3) is 0 Å². The standard InChI is InChI=1S/C14H20BrFN2O2/c1-14(13(19)20-4,17-7-8-18(2)3)11-9-10(15)5-6-12(11)16/h5-6,9,17H,7-8H2,1-4H3. The SMILES string of the molecule is COC(=O)C(C)(NCCN(C)C)c1cc(Br)ccc1F. The van der Waals surface area contributed by atoms with E-state index in [0.717, 1.165) is 6.54 Å². The molecule has 0 aliphatic carbocycles. The fraction of sp³-hybridized carbons (Fsp3) is 0.500. The van der Waals surface area contributed by atoms with E-state index < -0.39 is 17.3 Å². The second-order valence-electron chi connectivity index (χ2n) is 4.97. The fourth-order valence-electron chi connectivity index (χ4n) is 1.89.